The van der Waals surface area contributed by atoms with Gasteiger partial charge in [-0.05, 0) is 0 Å². The Morgan fingerprint density at radius 2 is 1.28 bits per heavy atom. The summed E-state index contributed by atoms with van der Waals surface area (Å²) in [4.78, 5) is 13.1. The molecule has 2 aliphatic rings. The quantitative estimate of drug-likeness (QED) is 0.606. The van der Waals surface area contributed by atoms with Crippen LogP contribution in [-0.4, -0.2) is 65.5 Å². The van der Waals surface area contributed by atoms with E-state index < -0.39 is 6.10 Å². The van der Waals surface area contributed by atoms with Crippen LogP contribution in [0, 0.1) is 0 Å². The second kappa shape index (κ2) is 9.74. The number of hydrogen-bond acceptors (Lipinski definition) is 6. The molecule has 0 fully saturated rings. The Balaban J connectivity index is 1.66. The molecule has 0 amide bonds. The summed E-state index contributed by atoms with van der Waals surface area (Å²) >= 11 is 0.501. The van der Waals surface area contributed by atoms with Crippen molar-refractivity contribution < 1.29 is 28.8 Å². The molecular formula is C22H24O6Se. The van der Waals surface area contributed by atoms with Gasteiger partial charge in [0.05, 0.1) is 0 Å². The van der Waals surface area contributed by atoms with Crippen molar-refractivity contribution in [3.63, 3.8) is 0 Å². The third-order valence-electron chi connectivity index (χ3n) is 4.88. The van der Waals surface area contributed by atoms with Gasteiger partial charge in [0.1, 0.15) is 0 Å². The Morgan fingerprint density at radius 1 is 0.759 bits per heavy atom. The van der Waals surface area contributed by atoms with Gasteiger partial charge in [-0.1, -0.05) is 0 Å². The summed E-state index contributed by atoms with van der Waals surface area (Å²) in [5.41, 5.74) is 1.89. The number of carbonyl (C=O) groups is 1. The van der Waals surface area contributed by atoms with E-state index in [0.717, 1.165) is 10.6 Å². The van der Waals surface area contributed by atoms with E-state index in [1.807, 2.05) is 0 Å². The molecule has 0 saturated carbocycles. The summed E-state index contributed by atoms with van der Waals surface area (Å²) in [5, 5.41) is 13.3. The van der Waals surface area contributed by atoms with Crippen molar-refractivity contribution in [2.24, 2.45) is 0 Å². The average molecular weight is 463 g/mol. The van der Waals surface area contributed by atoms with Crippen LogP contribution < -0.4 is 9.47 Å². The molecule has 1 N–H and O–H groups in total. The summed E-state index contributed by atoms with van der Waals surface area (Å²) in [6.45, 7) is 3.06. The zero-order valence-electron chi connectivity index (χ0n) is 16.1. The molecule has 1 aliphatic heterocycles. The van der Waals surface area contributed by atoms with E-state index >= 15 is 0 Å². The van der Waals surface area contributed by atoms with Crippen molar-refractivity contribution in [3.05, 3.63) is 58.7 Å². The maximum absolute atomic E-state index is 13.1. The van der Waals surface area contributed by atoms with Gasteiger partial charge in [0.15, 0.2) is 0 Å². The molecule has 0 saturated heterocycles. The zero-order valence-corrected chi connectivity index (χ0v) is 17.8. The number of carbonyl (C=O) groups excluding carboxylic acids is 1. The number of aliphatic hydroxyl groups is 1. The molecule has 1 heterocycles. The first-order valence-electron chi connectivity index (χ1n) is 9.75. The second-order valence-electron chi connectivity index (χ2n) is 6.70. The number of rotatable bonds is 0. The molecule has 6 nitrogen and oxygen atoms in total. The first-order chi connectivity index (χ1) is 14.3. The molecule has 154 valence electrons. The molecule has 7 heteroatoms. The fourth-order valence-electron chi connectivity index (χ4n) is 3.55. The molecule has 2 aromatic carbocycles. The van der Waals surface area contributed by atoms with E-state index in [2.05, 4.69) is 0 Å². The summed E-state index contributed by atoms with van der Waals surface area (Å²) in [6, 6.07) is 10.6. The van der Waals surface area contributed by atoms with Crippen LogP contribution in [0.3, 0.4) is 0 Å². The Kier molecular flexibility index (Phi) is 6.85. The fraction of sp³-hybridized carbons (Fsp3) is 0.409. The number of hydrogen-bond donors (Lipinski definition) is 1. The van der Waals surface area contributed by atoms with Crippen molar-refractivity contribution in [1.29, 1.82) is 0 Å². The van der Waals surface area contributed by atoms with E-state index in [9.17, 15) is 9.90 Å². The standard InChI is InChI=1S/C22H24O6Se/c23-21-15-3-1-5-17-19(15)22(24)20-16(21)4-2-6-18(20)28-10-8-26-12-14-29-13-11-25-7-9-27-17/h1-6,22,24H,7-14H2. The minimum absolute atomic E-state index is 0.139. The molecule has 29 heavy (non-hydrogen) atoms. The third-order valence-corrected chi connectivity index (χ3v) is 6.79. The molecule has 0 aromatic heterocycles. The average Bonchev–Trinajstić information content (AvgIpc) is 2.74. The van der Waals surface area contributed by atoms with Gasteiger partial charge in [-0.25, -0.2) is 0 Å². The van der Waals surface area contributed by atoms with E-state index in [-0.39, 0.29) is 5.78 Å². The van der Waals surface area contributed by atoms with Crippen LogP contribution in [0.25, 0.3) is 0 Å². The van der Waals surface area contributed by atoms with E-state index in [4.69, 9.17) is 18.9 Å². The number of ether oxygens (including phenoxy) is 4. The first kappa shape index (κ1) is 20.4. The molecule has 1 aliphatic carbocycles. The Bertz CT molecular complexity index is 801. The summed E-state index contributed by atoms with van der Waals surface area (Å²) in [6.07, 6.45) is -1.01. The van der Waals surface area contributed by atoms with Gasteiger partial charge < -0.3 is 0 Å². The van der Waals surface area contributed by atoms with Crippen LogP contribution in [0.5, 0.6) is 11.5 Å². The summed E-state index contributed by atoms with van der Waals surface area (Å²) in [5.74, 6) is 0.863. The first-order valence-corrected chi connectivity index (χ1v) is 12.2. The molecule has 0 unspecified atom stereocenters. The topological polar surface area (TPSA) is 74.2 Å². The van der Waals surface area contributed by atoms with E-state index in [1.165, 1.54) is 0 Å². The zero-order chi connectivity index (χ0) is 20.1. The fourth-order valence-corrected chi connectivity index (χ4v) is 4.97. The molecule has 4 rings (SSSR count). The predicted molar refractivity (Wildman–Crippen MR) is 108 cm³/mol. The number of aliphatic hydroxyl groups excluding tert-OH is 1. The van der Waals surface area contributed by atoms with Crippen LogP contribution in [-0.2, 0) is 9.47 Å². The van der Waals surface area contributed by atoms with Crippen LogP contribution >= 0.6 is 0 Å². The van der Waals surface area contributed by atoms with Crippen LogP contribution in [0.2, 0.25) is 10.6 Å². The normalized spacial score (nSPS) is 18.9. The van der Waals surface area contributed by atoms with Gasteiger partial charge in [-0.15, -0.1) is 0 Å². The van der Waals surface area contributed by atoms with E-state index in [1.54, 1.807) is 36.4 Å². The monoisotopic (exact) mass is 464 g/mol. The number of ketones is 1. The van der Waals surface area contributed by atoms with Crippen molar-refractivity contribution in [2.45, 2.75) is 16.7 Å². The SMILES string of the molecule is O=C1c2cccc3c2C(O)c2c(cccc21)OCCOCC[Se]CCOCCO3. The Labute approximate surface area is 176 Å². The molecule has 0 spiro atoms. The van der Waals surface area contributed by atoms with E-state index in [0.29, 0.717) is 88.4 Å². The minimum atomic E-state index is -1.01. The van der Waals surface area contributed by atoms with Gasteiger partial charge in [-0.2, -0.15) is 0 Å². The van der Waals surface area contributed by atoms with Crippen molar-refractivity contribution in [3.8, 4) is 11.5 Å². The Morgan fingerprint density at radius 3 is 1.79 bits per heavy atom. The van der Waals surface area contributed by atoms with Crippen molar-refractivity contribution in [1.82, 2.24) is 0 Å². The summed E-state index contributed by atoms with van der Waals surface area (Å²) in [7, 11) is 0. The number of benzene rings is 2. The van der Waals surface area contributed by atoms with Crippen LogP contribution in [0.1, 0.15) is 33.2 Å². The van der Waals surface area contributed by atoms with Gasteiger partial charge in [0.2, 0.25) is 0 Å². The second-order valence-corrected chi connectivity index (χ2v) is 9.27. The van der Waals surface area contributed by atoms with Crippen molar-refractivity contribution >= 4 is 20.7 Å². The molecular weight excluding hydrogens is 439 g/mol. The van der Waals surface area contributed by atoms with Gasteiger partial charge in [0.25, 0.3) is 0 Å². The molecule has 2 aromatic rings. The van der Waals surface area contributed by atoms with Crippen LogP contribution in [0.15, 0.2) is 36.4 Å². The third kappa shape index (κ3) is 4.49. The molecule has 0 atom stereocenters. The van der Waals surface area contributed by atoms with Crippen LogP contribution in [0.4, 0.5) is 0 Å². The predicted octanol–water partition coefficient (Wildman–Crippen LogP) is 2.66. The summed E-state index contributed by atoms with van der Waals surface area (Å²) < 4.78 is 23.0. The Hall–Kier alpha value is -1.89. The molecule has 0 radical (unpaired) electrons. The van der Waals surface area contributed by atoms with Gasteiger partial charge in [-0.3, -0.25) is 0 Å². The van der Waals surface area contributed by atoms with Crippen molar-refractivity contribution in [2.75, 3.05) is 39.6 Å². The molecule has 2 bridgehead atoms. The maximum atomic E-state index is 13.1. The van der Waals surface area contributed by atoms with Gasteiger partial charge >= 0.3 is 176 Å². The van der Waals surface area contributed by atoms with Gasteiger partial charge in [0, 0.05) is 0 Å².